The Hall–Kier alpha value is -3.60. The van der Waals surface area contributed by atoms with Crippen LogP contribution in [0, 0.1) is 0 Å². The second kappa shape index (κ2) is 8.61. The minimum Gasteiger partial charge on any atom is -0.485 e. The van der Waals surface area contributed by atoms with Crippen molar-refractivity contribution in [2.75, 3.05) is 6.61 Å². The van der Waals surface area contributed by atoms with Crippen LogP contribution in [0.25, 0.3) is 11.1 Å². The number of carbonyl (C=O) groups is 1. The topological polar surface area (TPSA) is 59.9 Å². The van der Waals surface area contributed by atoms with Gasteiger partial charge >= 0.3 is 0 Å². The molecule has 29 heavy (non-hydrogen) atoms. The van der Waals surface area contributed by atoms with Crippen LogP contribution in [0.4, 0.5) is 0 Å². The fraction of sp³-hybridized carbons (Fsp3) is 0.167. The van der Waals surface area contributed by atoms with E-state index in [9.17, 15) is 4.79 Å². The monoisotopic (exact) mass is 386 g/mol. The van der Waals surface area contributed by atoms with Crippen LogP contribution in [0.15, 0.2) is 84.0 Å². The summed E-state index contributed by atoms with van der Waals surface area (Å²) in [6, 6.07) is 25.7. The van der Waals surface area contributed by atoms with Gasteiger partial charge in [-0.25, -0.2) is 5.43 Å². The van der Waals surface area contributed by atoms with Crippen molar-refractivity contribution in [3.8, 4) is 22.6 Å². The molecule has 0 saturated heterocycles. The van der Waals surface area contributed by atoms with Gasteiger partial charge in [-0.1, -0.05) is 73.7 Å². The van der Waals surface area contributed by atoms with Gasteiger partial charge in [0, 0.05) is 0 Å². The predicted octanol–water partition coefficient (Wildman–Crippen LogP) is 4.42. The van der Waals surface area contributed by atoms with Gasteiger partial charge in [-0.3, -0.25) is 4.79 Å². The molecule has 5 heteroatoms. The van der Waals surface area contributed by atoms with Crippen LogP contribution in [-0.4, -0.2) is 24.3 Å². The van der Waals surface area contributed by atoms with E-state index in [0.717, 1.165) is 22.4 Å². The molecule has 1 aliphatic rings. The Labute approximate surface area is 170 Å². The van der Waals surface area contributed by atoms with Gasteiger partial charge in [-0.05, 0) is 35.2 Å². The summed E-state index contributed by atoms with van der Waals surface area (Å²) in [6.45, 7) is 2.16. The van der Waals surface area contributed by atoms with Gasteiger partial charge in [0.2, 0.25) is 6.10 Å². The molecule has 1 aliphatic heterocycles. The highest BCUT2D eigenvalue weighted by Gasteiger charge is 2.27. The second-order valence-corrected chi connectivity index (χ2v) is 6.70. The van der Waals surface area contributed by atoms with Crippen molar-refractivity contribution in [2.45, 2.75) is 19.4 Å². The molecule has 0 aliphatic carbocycles. The molecule has 1 N–H and O–H groups in total. The van der Waals surface area contributed by atoms with Crippen molar-refractivity contribution in [2.24, 2.45) is 5.10 Å². The number of hydrazone groups is 1. The van der Waals surface area contributed by atoms with E-state index in [1.165, 1.54) is 0 Å². The highest BCUT2D eigenvalue weighted by atomic mass is 16.6. The molecule has 146 valence electrons. The summed E-state index contributed by atoms with van der Waals surface area (Å²) in [5.41, 5.74) is 6.70. The van der Waals surface area contributed by atoms with E-state index in [0.29, 0.717) is 17.9 Å². The summed E-state index contributed by atoms with van der Waals surface area (Å²) in [6.07, 6.45) is -0.0391. The van der Waals surface area contributed by atoms with E-state index in [2.05, 4.69) is 34.8 Å². The zero-order valence-electron chi connectivity index (χ0n) is 16.2. The van der Waals surface area contributed by atoms with Gasteiger partial charge in [-0.2, -0.15) is 5.10 Å². The average molecular weight is 386 g/mol. The molecule has 0 saturated carbocycles. The Morgan fingerprint density at radius 2 is 1.59 bits per heavy atom. The third kappa shape index (κ3) is 4.29. The van der Waals surface area contributed by atoms with Gasteiger partial charge in [0.1, 0.15) is 6.61 Å². The normalized spacial score (nSPS) is 15.6. The van der Waals surface area contributed by atoms with Crippen molar-refractivity contribution in [3.05, 3.63) is 84.4 Å². The molecule has 0 bridgehead atoms. The van der Waals surface area contributed by atoms with E-state index in [1.54, 1.807) is 6.07 Å². The number of carbonyl (C=O) groups excluding carboxylic acids is 1. The summed E-state index contributed by atoms with van der Waals surface area (Å²) < 4.78 is 11.3. The Kier molecular flexibility index (Phi) is 5.56. The van der Waals surface area contributed by atoms with Gasteiger partial charge < -0.3 is 9.47 Å². The van der Waals surface area contributed by atoms with Crippen LogP contribution >= 0.6 is 0 Å². The summed E-state index contributed by atoms with van der Waals surface area (Å²) in [5, 5.41) is 4.33. The third-order valence-corrected chi connectivity index (χ3v) is 4.76. The van der Waals surface area contributed by atoms with Gasteiger partial charge in [0.15, 0.2) is 11.5 Å². The van der Waals surface area contributed by atoms with Crippen LogP contribution in [0.1, 0.15) is 18.9 Å². The first-order chi connectivity index (χ1) is 14.2. The number of benzene rings is 3. The van der Waals surface area contributed by atoms with Crippen LogP contribution in [0.2, 0.25) is 0 Å². The number of para-hydroxylation sites is 2. The highest BCUT2D eigenvalue weighted by Crippen LogP contribution is 2.30. The lowest BCUT2D eigenvalue weighted by molar-refractivity contribution is -0.130. The van der Waals surface area contributed by atoms with E-state index in [4.69, 9.17) is 9.47 Å². The largest absolute Gasteiger partial charge is 0.485 e. The maximum absolute atomic E-state index is 12.5. The van der Waals surface area contributed by atoms with Crippen molar-refractivity contribution in [3.63, 3.8) is 0 Å². The molecule has 4 rings (SSSR count). The fourth-order valence-corrected chi connectivity index (χ4v) is 3.18. The molecular weight excluding hydrogens is 364 g/mol. The van der Waals surface area contributed by atoms with E-state index >= 15 is 0 Å². The molecule has 0 unspecified atom stereocenters. The van der Waals surface area contributed by atoms with Crippen molar-refractivity contribution in [1.29, 1.82) is 0 Å². The molecule has 5 nitrogen and oxygen atoms in total. The van der Waals surface area contributed by atoms with Crippen molar-refractivity contribution in [1.82, 2.24) is 5.43 Å². The number of nitrogens with zero attached hydrogens (tertiary/aromatic N) is 1. The van der Waals surface area contributed by atoms with E-state index in [1.807, 2.05) is 55.5 Å². The van der Waals surface area contributed by atoms with Crippen LogP contribution in [0.5, 0.6) is 11.5 Å². The molecule has 1 heterocycles. The molecule has 1 amide bonds. The Morgan fingerprint density at radius 3 is 2.31 bits per heavy atom. The molecule has 1 atom stereocenters. The first-order valence-electron chi connectivity index (χ1n) is 9.65. The third-order valence-electron chi connectivity index (χ3n) is 4.76. The van der Waals surface area contributed by atoms with E-state index < -0.39 is 6.10 Å². The average Bonchev–Trinajstić information content (AvgIpc) is 2.80. The predicted molar refractivity (Wildman–Crippen MR) is 113 cm³/mol. The van der Waals surface area contributed by atoms with Gasteiger partial charge in [-0.15, -0.1) is 0 Å². The number of rotatable bonds is 5. The molecule has 0 fully saturated rings. The lowest BCUT2D eigenvalue weighted by Crippen LogP contribution is -2.42. The lowest BCUT2D eigenvalue weighted by Gasteiger charge is -2.24. The zero-order chi connectivity index (χ0) is 20.1. The zero-order valence-corrected chi connectivity index (χ0v) is 16.2. The number of ether oxygens (including phenoxy) is 2. The maximum atomic E-state index is 12.5. The minimum absolute atomic E-state index is 0.158. The van der Waals surface area contributed by atoms with Crippen LogP contribution in [-0.2, 0) is 4.79 Å². The minimum atomic E-state index is -0.729. The second-order valence-electron chi connectivity index (χ2n) is 6.70. The summed E-state index contributed by atoms with van der Waals surface area (Å²) >= 11 is 0. The maximum Gasteiger partial charge on any atom is 0.284 e. The van der Waals surface area contributed by atoms with Crippen molar-refractivity contribution >= 4 is 11.6 Å². The SMILES string of the molecule is CC/C(=N/NC(=O)[C@H]1COc2ccccc2O1)c1ccc(-c2ccccc2)cc1. The molecule has 0 radical (unpaired) electrons. The summed E-state index contributed by atoms with van der Waals surface area (Å²) in [5.74, 6) is 0.884. The van der Waals surface area contributed by atoms with Crippen molar-refractivity contribution < 1.29 is 14.3 Å². The van der Waals surface area contributed by atoms with Crippen LogP contribution in [0.3, 0.4) is 0 Å². The Bertz CT molecular complexity index is 1010. The number of hydrogen-bond donors (Lipinski definition) is 1. The Balaban J connectivity index is 1.43. The van der Waals surface area contributed by atoms with Gasteiger partial charge in [0.05, 0.1) is 5.71 Å². The molecule has 3 aromatic rings. The first-order valence-corrected chi connectivity index (χ1v) is 9.65. The Morgan fingerprint density at radius 1 is 0.931 bits per heavy atom. The quantitative estimate of drug-likeness (QED) is 0.521. The first kappa shape index (κ1) is 18.7. The van der Waals surface area contributed by atoms with Gasteiger partial charge in [0.25, 0.3) is 5.91 Å². The molecule has 3 aromatic carbocycles. The number of hydrogen-bond acceptors (Lipinski definition) is 4. The number of fused-ring (bicyclic) bond motifs is 1. The summed E-state index contributed by atoms with van der Waals surface area (Å²) in [4.78, 5) is 12.5. The van der Waals surface area contributed by atoms with Crippen LogP contribution < -0.4 is 14.9 Å². The standard InChI is InChI=1S/C24H22N2O3/c1-2-20(19-14-12-18(13-15-19)17-8-4-3-5-9-17)25-26-24(27)23-16-28-21-10-6-7-11-22(21)29-23/h3-15,23H,2,16H2,1H3,(H,26,27)/b25-20-/t23-/m1/s1. The smallest absolute Gasteiger partial charge is 0.284 e. The molecule has 0 spiro atoms. The fourth-order valence-electron chi connectivity index (χ4n) is 3.18. The highest BCUT2D eigenvalue weighted by molar-refractivity contribution is 6.01. The number of nitrogens with one attached hydrogen (secondary N) is 1. The molecule has 0 aromatic heterocycles. The van der Waals surface area contributed by atoms with E-state index in [-0.39, 0.29) is 12.5 Å². The number of amides is 1. The molecular formula is C24H22N2O3. The lowest BCUT2D eigenvalue weighted by atomic mass is 10.0. The summed E-state index contributed by atoms with van der Waals surface area (Å²) in [7, 11) is 0.